The predicted molar refractivity (Wildman–Crippen MR) is 94.8 cm³/mol. The number of nitrogens with zero attached hydrogens (tertiary/aromatic N) is 2. The van der Waals surface area contributed by atoms with Crippen LogP contribution in [0.1, 0.15) is 18.4 Å². The highest BCUT2D eigenvalue weighted by atomic mass is 16.6. The van der Waals surface area contributed by atoms with Crippen LogP contribution in [-0.2, 0) is 11.3 Å². The molecule has 2 aromatic rings. The van der Waals surface area contributed by atoms with E-state index in [0.29, 0.717) is 12.5 Å². The van der Waals surface area contributed by atoms with E-state index < -0.39 is 0 Å². The molecule has 0 radical (unpaired) electrons. The van der Waals surface area contributed by atoms with Crippen molar-refractivity contribution in [2.45, 2.75) is 31.1 Å². The van der Waals surface area contributed by atoms with Crippen LogP contribution in [0.3, 0.4) is 0 Å². The Labute approximate surface area is 148 Å². The molecular formula is C20H24N2O3. The SMILES string of the molecule is COc1ncccc1CN1CCC2(CC(Oc3ccccc3)CO2)C1. The van der Waals surface area contributed by atoms with Crippen LogP contribution in [0.15, 0.2) is 48.7 Å². The number of ether oxygens (including phenoxy) is 3. The molecule has 3 heterocycles. The van der Waals surface area contributed by atoms with Crippen molar-refractivity contribution in [3.05, 3.63) is 54.2 Å². The van der Waals surface area contributed by atoms with Gasteiger partial charge in [0.05, 0.1) is 19.3 Å². The first-order valence-corrected chi connectivity index (χ1v) is 8.82. The van der Waals surface area contributed by atoms with E-state index in [9.17, 15) is 0 Å². The monoisotopic (exact) mass is 340 g/mol. The fraction of sp³-hybridized carbons (Fsp3) is 0.450. The highest BCUT2D eigenvalue weighted by molar-refractivity contribution is 5.25. The zero-order valence-corrected chi connectivity index (χ0v) is 14.6. The van der Waals surface area contributed by atoms with Gasteiger partial charge in [-0.1, -0.05) is 24.3 Å². The molecule has 0 amide bonds. The van der Waals surface area contributed by atoms with Crippen molar-refractivity contribution in [3.63, 3.8) is 0 Å². The summed E-state index contributed by atoms with van der Waals surface area (Å²) in [6.45, 7) is 3.46. The minimum Gasteiger partial charge on any atom is -0.488 e. The van der Waals surface area contributed by atoms with Crippen LogP contribution in [-0.4, -0.2) is 48.4 Å². The van der Waals surface area contributed by atoms with Crippen molar-refractivity contribution in [3.8, 4) is 11.6 Å². The van der Waals surface area contributed by atoms with E-state index in [-0.39, 0.29) is 11.7 Å². The fourth-order valence-corrected chi connectivity index (χ4v) is 3.89. The van der Waals surface area contributed by atoms with Crippen LogP contribution in [0, 0.1) is 0 Å². The maximum Gasteiger partial charge on any atom is 0.217 e. The van der Waals surface area contributed by atoms with Gasteiger partial charge in [0.1, 0.15) is 11.9 Å². The van der Waals surface area contributed by atoms with Crippen molar-refractivity contribution in [2.24, 2.45) is 0 Å². The molecule has 1 spiro atoms. The van der Waals surface area contributed by atoms with Gasteiger partial charge in [-0.3, -0.25) is 4.90 Å². The lowest BCUT2D eigenvalue weighted by Crippen LogP contribution is -2.33. The van der Waals surface area contributed by atoms with E-state index in [2.05, 4.69) is 16.0 Å². The van der Waals surface area contributed by atoms with E-state index >= 15 is 0 Å². The number of rotatable bonds is 5. The van der Waals surface area contributed by atoms with Crippen molar-refractivity contribution < 1.29 is 14.2 Å². The van der Waals surface area contributed by atoms with Gasteiger partial charge in [-0.05, 0) is 24.6 Å². The highest BCUT2D eigenvalue weighted by Gasteiger charge is 2.46. The molecular weight excluding hydrogens is 316 g/mol. The first kappa shape index (κ1) is 16.4. The Morgan fingerprint density at radius 3 is 2.96 bits per heavy atom. The summed E-state index contributed by atoms with van der Waals surface area (Å²) < 4.78 is 17.6. The molecule has 5 nitrogen and oxygen atoms in total. The molecule has 0 N–H and O–H groups in total. The Morgan fingerprint density at radius 2 is 2.12 bits per heavy atom. The van der Waals surface area contributed by atoms with Gasteiger partial charge >= 0.3 is 0 Å². The second-order valence-corrected chi connectivity index (χ2v) is 6.88. The Balaban J connectivity index is 1.36. The molecule has 0 saturated carbocycles. The van der Waals surface area contributed by atoms with Gasteiger partial charge in [-0.15, -0.1) is 0 Å². The van der Waals surface area contributed by atoms with Crippen LogP contribution in [0.2, 0.25) is 0 Å². The average molecular weight is 340 g/mol. The topological polar surface area (TPSA) is 43.8 Å². The van der Waals surface area contributed by atoms with Gasteiger partial charge in [0, 0.05) is 37.8 Å². The summed E-state index contributed by atoms with van der Waals surface area (Å²) >= 11 is 0. The zero-order chi connectivity index (χ0) is 17.1. The second-order valence-electron chi connectivity index (χ2n) is 6.88. The molecule has 4 rings (SSSR count). The van der Waals surface area contributed by atoms with Crippen LogP contribution < -0.4 is 9.47 Å². The van der Waals surface area contributed by atoms with Crippen LogP contribution in [0.4, 0.5) is 0 Å². The van der Waals surface area contributed by atoms with E-state index in [0.717, 1.165) is 43.8 Å². The van der Waals surface area contributed by atoms with E-state index in [1.54, 1.807) is 13.3 Å². The molecule has 2 unspecified atom stereocenters. The largest absolute Gasteiger partial charge is 0.488 e. The number of hydrogen-bond acceptors (Lipinski definition) is 5. The molecule has 2 atom stereocenters. The van der Waals surface area contributed by atoms with Gasteiger partial charge in [0.25, 0.3) is 0 Å². The summed E-state index contributed by atoms with van der Waals surface area (Å²) in [6, 6.07) is 14.0. The standard InChI is InChI=1S/C20H24N2O3/c1-23-19-16(6-5-10-21-19)13-22-11-9-20(15-22)12-18(14-24-20)25-17-7-3-2-4-8-17/h2-8,10,18H,9,11-15H2,1H3. The van der Waals surface area contributed by atoms with E-state index in [1.807, 2.05) is 36.4 Å². The second kappa shape index (κ2) is 7.02. The lowest BCUT2D eigenvalue weighted by Gasteiger charge is -2.23. The third kappa shape index (κ3) is 3.62. The molecule has 2 saturated heterocycles. The van der Waals surface area contributed by atoms with Crippen LogP contribution in [0.5, 0.6) is 11.6 Å². The molecule has 132 valence electrons. The Bertz CT molecular complexity index is 709. The minimum absolute atomic E-state index is 0.0745. The summed E-state index contributed by atoms with van der Waals surface area (Å²) in [4.78, 5) is 6.71. The third-order valence-corrected chi connectivity index (χ3v) is 5.05. The van der Waals surface area contributed by atoms with Crippen molar-refractivity contribution in [1.82, 2.24) is 9.88 Å². The molecule has 1 aromatic carbocycles. The van der Waals surface area contributed by atoms with Gasteiger partial charge in [0.15, 0.2) is 0 Å². The normalized spacial score (nSPS) is 26.2. The molecule has 0 bridgehead atoms. The van der Waals surface area contributed by atoms with Crippen molar-refractivity contribution in [2.75, 3.05) is 26.8 Å². The van der Waals surface area contributed by atoms with Gasteiger partial charge in [-0.25, -0.2) is 4.98 Å². The summed E-state index contributed by atoms with van der Waals surface area (Å²) in [7, 11) is 1.67. The molecule has 0 aliphatic carbocycles. The number of pyridine rings is 1. The smallest absolute Gasteiger partial charge is 0.217 e. The molecule has 2 aliphatic heterocycles. The highest BCUT2D eigenvalue weighted by Crippen LogP contribution is 2.37. The zero-order valence-electron chi connectivity index (χ0n) is 14.6. The van der Waals surface area contributed by atoms with Crippen LogP contribution in [0.25, 0.3) is 0 Å². The molecule has 1 aromatic heterocycles. The predicted octanol–water partition coefficient (Wildman–Crippen LogP) is 2.90. The average Bonchev–Trinajstić information content (AvgIpc) is 3.23. The third-order valence-electron chi connectivity index (χ3n) is 5.05. The first-order chi connectivity index (χ1) is 12.3. The van der Waals surface area contributed by atoms with Crippen molar-refractivity contribution in [1.29, 1.82) is 0 Å². The van der Waals surface area contributed by atoms with Crippen LogP contribution >= 0.6 is 0 Å². The molecule has 5 heteroatoms. The van der Waals surface area contributed by atoms with E-state index in [1.165, 1.54) is 0 Å². The van der Waals surface area contributed by atoms with Gasteiger partial charge in [-0.2, -0.15) is 0 Å². The summed E-state index contributed by atoms with van der Waals surface area (Å²) in [5.41, 5.74) is 1.05. The lowest BCUT2D eigenvalue weighted by atomic mass is 9.98. The number of para-hydroxylation sites is 1. The number of hydrogen-bond donors (Lipinski definition) is 0. The molecule has 2 fully saturated rings. The van der Waals surface area contributed by atoms with Gasteiger partial charge < -0.3 is 14.2 Å². The fourth-order valence-electron chi connectivity index (χ4n) is 3.89. The lowest BCUT2D eigenvalue weighted by molar-refractivity contribution is 0.00929. The first-order valence-electron chi connectivity index (χ1n) is 8.82. The maximum atomic E-state index is 6.20. The summed E-state index contributed by atoms with van der Waals surface area (Å²) in [5, 5.41) is 0. The van der Waals surface area contributed by atoms with E-state index in [4.69, 9.17) is 14.2 Å². The number of likely N-dealkylation sites (tertiary alicyclic amines) is 1. The Kier molecular flexibility index (Phi) is 4.59. The number of aromatic nitrogens is 1. The van der Waals surface area contributed by atoms with Gasteiger partial charge in [0.2, 0.25) is 5.88 Å². The quantitative estimate of drug-likeness (QED) is 0.837. The molecule has 2 aliphatic rings. The molecule has 25 heavy (non-hydrogen) atoms. The minimum atomic E-state index is -0.0745. The maximum absolute atomic E-state index is 6.20. The van der Waals surface area contributed by atoms with Crippen molar-refractivity contribution >= 4 is 0 Å². The Hall–Kier alpha value is -2.11. The Morgan fingerprint density at radius 1 is 1.24 bits per heavy atom. The summed E-state index contributed by atoms with van der Waals surface area (Å²) in [5.74, 6) is 1.63. The summed E-state index contributed by atoms with van der Waals surface area (Å²) in [6.07, 6.45) is 3.89. The number of benzene rings is 1. The number of methoxy groups -OCH3 is 1.